The molecule has 1 aliphatic heterocycles. The van der Waals surface area contributed by atoms with Crippen molar-refractivity contribution in [2.24, 2.45) is 11.3 Å². The van der Waals surface area contributed by atoms with Crippen molar-refractivity contribution in [3.05, 3.63) is 34.2 Å². The Kier molecular flexibility index (Phi) is 4.53. The van der Waals surface area contributed by atoms with Crippen molar-refractivity contribution in [1.82, 2.24) is 14.9 Å². The molecule has 1 spiro atoms. The Morgan fingerprint density at radius 1 is 1.29 bits per heavy atom. The second kappa shape index (κ2) is 6.65. The molecule has 1 amide bonds. The van der Waals surface area contributed by atoms with E-state index < -0.39 is 5.60 Å². The number of H-pyrrole nitrogens is 2. The number of aromatic amines is 2. The van der Waals surface area contributed by atoms with Crippen molar-refractivity contribution in [3.63, 3.8) is 0 Å². The predicted octanol–water partition coefficient (Wildman–Crippen LogP) is 2.80. The van der Waals surface area contributed by atoms with E-state index in [1.54, 1.807) is 4.90 Å². The van der Waals surface area contributed by atoms with Crippen LogP contribution in [0, 0.1) is 11.3 Å². The number of aliphatic hydroxyl groups is 1. The first-order chi connectivity index (χ1) is 13.1. The number of hydrogen-bond donors (Lipinski definition) is 3. The molecule has 4 rings (SSSR count). The topological polar surface area (TPSA) is 98.4 Å². The van der Waals surface area contributed by atoms with Crippen molar-refractivity contribution >= 4 is 17.1 Å². The molecular weight excluding hydrogens is 358 g/mol. The number of carbonyl (C=O) groups excluding carboxylic acids is 1. The van der Waals surface area contributed by atoms with Gasteiger partial charge >= 0.3 is 11.8 Å². The third kappa shape index (κ3) is 3.81. The van der Waals surface area contributed by atoms with Gasteiger partial charge in [0.25, 0.3) is 0 Å². The van der Waals surface area contributed by atoms with E-state index in [2.05, 4.69) is 9.97 Å². The predicted molar refractivity (Wildman–Crippen MR) is 106 cm³/mol. The summed E-state index contributed by atoms with van der Waals surface area (Å²) in [5.74, 6) is 0.154. The Balaban J connectivity index is 1.42. The Morgan fingerprint density at radius 2 is 2.04 bits per heavy atom. The van der Waals surface area contributed by atoms with E-state index in [0.717, 1.165) is 42.3 Å². The highest BCUT2D eigenvalue weighted by atomic mass is 16.6. The number of hydrogen-bond acceptors (Lipinski definition) is 4. The molecule has 3 unspecified atom stereocenters. The molecule has 1 saturated heterocycles. The lowest BCUT2D eigenvalue weighted by Gasteiger charge is -2.27. The van der Waals surface area contributed by atoms with Crippen LogP contribution in [0.15, 0.2) is 23.0 Å². The number of aliphatic hydroxyl groups excluding tert-OH is 1. The Morgan fingerprint density at radius 3 is 2.79 bits per heavy atom. The van der Waals surface area contributed by atoms with Gasteiger partial charge < -0.3 is 24.7 Å². The first-order valence-electron chi connectivity index (χ1n) is 9.99. The SMILES string of the molecule is CC(C)(C)OC(=O)N1CCC2(CC(O)C(Cc3ccc4[nH]c(=O)[nH]c4c3)C2)C1. The lowest BCUT2D eigenvalue weighted by atomic mass is 9.83. The number of carbonyl (C=O) groups is 1. The third-order valence-corrected chi connectivity index (χ3v) is 6.05. The quantitative estimate of drug-likeness (QED) is 0.738. The number of rotatable bonds is 2. The average Bonchev–Trinajstić information content (AvgIpc) is 3.23. The normalized spacial score (nSPS) is 27.8. The van der Waals surface area contributed by atoms with Gasteiger partial charge in [0.15, 0.2) is 0 Å². The number of fused-ring (bicyclic) bond motifs is 1. The number of nitrogens with one attached hydrogen (secondary N) is 2. The van der Waals surface area contributed by atoms with E-state index in [0.29, 0.717) is 13.1 Å². The molecule has 0 radical (unpaired) electrons. The molecule has 3 atom stereocenters. The summed E-state index contributed by atoms with van der Waals surface area (Å²) in [6, 6.07) is 5.89. The molecule has 2 aromatic rings. The van der Waals surface area contributed by atoms with Gasteiger partial charge in [-0.1, -0.05) is 6.07 Å². The number of ether oxygens (including phenoxy) is 1. The van der Waals surface area contributed by atoms with Crippen LogP contribution >= 0.6 is 0 Å². The van der Waals surface area contributed by atoms with Gasteiger partial charge in [-0.15, -0.1) is 0 Å². The van der Waals surface area contributed by atoms with Gasteiger partial charge in [0.05, 0.1) is 17.1 Å². The van der Waals surface area contributed by atoms with Gasteiger partial charge in [-0.3, -0.25) is 0 Å². The van der Waals surface area contributed by atoms with Crippen LogP contribution in [0.3, 0.4) is 0 Å². The highest BCUT2D eigenvalue weighted by Crippen LogP contribution is 2.49. The molecule has 2 fully saturated rings. The lowest BCUT2D eigenvalue weighted by Crippen LogP contribution is -2.36. The first-order valence-corrected chi connectivity index (χ1v) is 9.99. The van der Waals surface area contributed by atoms with Crippen LogP contribution < -0.4 is 5.69 Å². The van der Waals surface area contributed by atoms with Crippen molar-refractivity contribution in [2.75, 3.05) is 13.1 Å². The zero-order valence-corrected chi connectivity index (χ0v) is 16.7. The number of aromatic nitrogens is 2. The van der Waals surface area contributed by atoms with Crippen molar-refractivity contribution in [3.8, 4) is 0 Å². The Hall–Kier alpha value is -2.28. The van der Waals surface area contributed by atoms with Crippen LogP contribution in [-0.2, 0) is 11.2 Å². The third-order valence-electron chi connectivity index (χ3n) is 6.05. The molecule has 152 valence electrons. The molecule has 3 N–H and O–H groups in total. The standard InChI is InChI=1S/C21H29N3O4/c1-20(2,3)28-19(27)24-7-6-21(12-24)10-14(17(25)11-21)8-13-4-5-15-16(9-13)23-18(26)22-15/h4-5,9,14,17,25H,6-8,10-12H2,1-3H3,(H2,22,23,26). The van der Waals surface area contributed by atoms with Crippen molar-refractivity contribution < 1.29 is 14.6 Å². The summed E-state index contributed by atoms with van der Waals surface area (Å²) in [4.78, 5) is 31.2. The number of amides is 1. The molecule has 1 aromatic heterocycles. The molecule has 1 aromatic carbocycles. The van der Waals surface area contributed by atoms with Gasteiger partial charge in [-0.25, -0.2) is 9.59 Å². The Labute approximate surface area is 164 Å². The van der Waals surface area contributed by atoms with E-state index in [1.165, 1.54) is 0 Å². The van der Waals surface area contributed by atoms with Crippen LogP contribution in [0.2, 0.25) is 0 Å². The fourth-order valence-corrected chi connectivity index (χ4v) is 4.85. The van der Waals surface area contributed by atoms with Gasteiger partial charge in [0.1, 0.15) is 5.60 Å². The minimum Gasteiger partial charge on any atom is -0.444 e. The van der Waals surface area contributed by atoms with Gasteiger partial charge in [0, 0.05) is 13.1 Å². The molecule has 28 heavy (non-hydrogen) atoms. The monoisotopic (exact) mass is 387 g/mol. The first kappa shape index (κ1) is 19.1. The molecule has 2 heterocycles. The minimum absolute atomic E-state index is 0.0204. The largest absolute Gasteiger partial charge is 0.444 e. The van der Waals surface area contributed by atoms with Crippen LogP contribution in [0.25, 0.3) is 11.0 Å². The maximum Gasteiger partial charge on any atom is 0.410 e. The fourth-order valence-electron chi connectivity index (χ4n) is 4.85. The minimum atomic E-state index is -0.498. The summed E-state index contributed by atoms with van der Waals surface area (Å²) >= 11 is 0. The van der Waals surface area contributed by atoms with Gasteiger partial charge in [-0.05, 0) is 75.5 Å². The smallest absolute Gasteiger partial charge is 0.410 e. The molecule has 2 aliphatic rings. The van der Waals surface area contributed by atoms with E-state index in [-0.39, 0.29) is 29.2 Å². The van der Waals surface area contributed by atoms with Crippen LogP contribution in [-0.4, -0.2) is 50.9 Å². The summed E-state index contributed by atoms with van der Waals surface area (Å²) in [5, 5.41) is 10.7. The molecule has 1 saturated carbocycles. The summed E-state index contributed by atoms with van der Waals surface area (Å²) in [7, 11) is 0. The lowest BCUT2D eigenvalue weighted by molar-refractivity contribution is 0.0270. The van der Waals surface area contributed by atoms with Crippen molar-refractivity contribution in [2.45, 2.75) is 58.2 Å². The van der Waals surface area contributed by atoms with Crippen LogP contribution in [0.5, 0.6) is 0 Å². The van der Waals surface area contributed by atoms with Gasteiger partial charge in [-0.2, -0.15) is 0 Å². The summed E-state index contributed by atoms with van der Waals surface area (Å²) < 4.78 is 5.51. The highest BCUT2D eigenvalue weighted by molar-refractivity contribution is 5.75. The maximum atomic E-state index is 12.4. The summed E-state index contributed by atoms with van der Waals surface area (Å²) in [6.45, 7) is 6.96. The number of benzene rings is 1. The molecule has 1 aliphatic carbocycles. The van der Waals surface area contributed by atoms with Crippen LogP contribution in [0.1, 0.15) is 45.6 Å². The van der Waals surface area contributed by atoms with E-state index in [1.807, 2.05) is 39.0 Å². The summed E-state index contributed by atoms with van der Waals surface area (Å²) in [5.41, 5.74) is 1.96. The van der Waals surface area contributed by atoms with Crippen molar-refractivity contribution in [1.29, 1.82) is 0 Å². The maximum absolute atomic E-state index is 12.4. The van der Waals surface area contributed by atoms with E-state index >= 15 is 0 Å². The molecule has 7 nitrogen and oxygen atoms in total. The fraction of sp³-hybridized carbons (Fsp3) is 0.619. The molecule has 7 heteroatoms. The van der Waals surface area contributed by atoms with Crippen LogP contribution in [0.4, 0.5) is 4.79 Å². The average molecular weight is 387 g/mol. The van der Waals surface area contributed by atoms with E-state index in [9.17, 15) is 14.7 Å². The number of imidazole rings is 1. The second-order valence-electron chi connectivity index (χ2n) is 9.55. The Bertz CT molecular complexity index is 941. The zero-order chi connectivity index (χ0) is 20.1. The van der Waals surface area contributed by atoms with E-state index in [4.69, 9.17) is 4.74 Å². The number of nitrogens with zero attached hydrogens (tertiary/aromatic N) is 1. The second-order valence-corrected chi connectivity index (χ2v) is 9.55. The zero-order valence-electron chi connectivity index (χ0n) is 16.7. The molecular formula is C21H29N3O4. The number of likely N-dealkylation sites (tertiary alicyclic amines) is 1. The van der Waals surface area contributed by atoms with Gasteiger partial charge in [0.2, 0.25) is 0 Å². The highest BCUT2D eigenvalue weighted by Gasteiger charge is 2.49. The molecule has 0 bridgehead atoms. The summed E-state index contributed by atoms with van der Waals surface area (Å²) in [6.07, 6.45) is 2.65.